The maximum Gasteiger partial charge on any atom is 0.159 e. The number of benzene rings is 2. The molecule has 3 aliphatic rings. The lowest BCUT2D eigenvalue weighted by Crippen LogP contribution is -2.66. The molecule has 2 aromatic rings. The minimum absolute atomic E-state index is 0.183. The van der Waals surface area contributed by atoms with Gasteiger partial charge in [0.25, 0.3) is 0 Å². The highest BCUT2D eigenvalue weighted by atomic mass is 32.2. The van der Waals surface area contributed by atoms with Crippen molar-refractivity contribution in [3.63, 3.8) is 0 Å². The van der Waals surface area contributed by atoms with Crippen LogP contribution in [0.2, 0.25) is 0 Å². The van der Waals surface area contributed by atoms with Crippen LogP contribution in [0.5, 0.6) is 11.5 Å². The summed E-state index contributed by atoms with van der Waals surface area (Å²) in [5, 5.41) is 15.9. The summed E-state index contributed by atoms with van der Waals surface area (Å²) in [6.45, 7) is 0.730. The van der Waals surface area contributed by atoms with Crippen LogP contribution in [-0.2, 0) is 27.4 Å². The van der Waals surface area contributed by atoms with E-state index in [0.29, 0.717) is 26.1 Å². The molecule has 198 valence electrons. The van der Waals surface area contributed by atoms with Crippen molar-refractivity contribution in [3.05, 3.63) is 71.8 Å². The number of fused-ring (bicyclic) bond motifs is 1. The summed E-state index contributed by atoms with van der Waals surface area (Å²) in [5.74, 6) is 1.58. The fraction of sp³-hybridized carbons (Fsp3) is 0.464. The first-order valence-corrected chi connectivity index (χ1v) is 13.3. The van der Waals surface area contributed by atoms with Crippen molar-refractivity contribution in [2.75, 3.05) is 21.3 Å². The summed E-state index contributed by atoms with van der Waals surface area (Å²) >= 11 is 1.53. The van der Waals surface area contributed by atoms with Crippen LogP contribution in [0.25, 0.3) is 0 Å². The molecule has 8 nitrogen and oxygen atoms in total. The smallest absolute Gasteiger partial charge is 0.159 e. The average molecular weight is 527 g/mol. The predicted molar refractivity (Wildman–Crippen MR) is 143 cm³/mol. The molecule has 0 amide bonds. The van der Waals surface area contributed by atoms with Gasteiger partial charge in [-0.3, -0.25) is 4.99 Å². The number of thioether (sulfide) groups is 1. The number of methoxy groups -OCH3 is 2. The van der Waals surface area contributed by atoms with Crippen LogP contribution in [0, 0.1) is 0 Å². The summed E-state index contributed by atoms with van der Waals surface area (Å²) in [6, 6.07) is 15.4. The molecule has 5 atom stereocenters. The Morgan fingerprint density at radius 3 is 1.97 bits per heavy atom. The van der Waals surface area contributed by atoms with Crippen LogP contribution in [0.15, 0.2) is 65.7 Å². The van der Waals surface area contributed by atoms with E-state index in [1.807, 2.05) is 60.7 Å². The van der Waals surface area contributed by atoms with Crippen LogP contribution in [0.3, 0.4) is 0 Å². The molecule has 0 unspecified atom stereocenters. The molecular weight excluding hydrogens is 492 g/mol. The largest absolute Gasteiger partial charge is 0.497 e. The summed E-state index contributed by atoms with van der Waals surface area (Å²) in [6.07, 6.45) is 3.54. The van der Waals surface area contributed by atoms with Gasteiger partial charge in [-0.25, -0.2) is 0 Å². The Hall–Kier alpha value is -2.56. The Kier molecular flexibility index (Phi) is 8.07. The minimum atomic E-state index is -1.07. The van der Waals surface area contributed by atoms with Crippen molar-refractivity contribution >= 4 is 16.9 Å². The van der Waals surface area contributed by atoms with Gasteiger partial charge >= 0.3 is 0 Å². The van der Waals surface area contributed by atoms with Crippen LogP contribution < -0.4 is 14.8 Å². The SMILES string of the molecule is CN=C1N[C@@H]2[C@@H](OCc3ccc(OC)cc3)[C@@H](OCc3ccc(OC)cc3)[C@@H](C3(O)CC=CC3)O[C@@H]2S1. The molecule has 2 aromatic carbocycles. The zero-order valence-electron chi connectivity index (χ0n) is 21.3. The highest BCUT2D eigenvalue weighted by Gasteiger charge is 2.57. The van der Waals surface area contributed by atoms with E-state index >= 15 is 0 Å². The Morgan fingerprint density at radius 1 is 0.919 bits per heavy atom. The summed E-state index contributed by atoms with van der Waals surface area (Å²) in [5.41, 5.74) is 0.696. The Labute approximate surface area is 222 Å². The molecule has 2 N–H and O–H groups in total. The third kappa shape index (κ3) is 5.66. The Bertz CT molecular complexity index is 1100. The van der Waals surface area contributed by atoms with E-state index in [9.17, 15) is 5.11 Å². The number of hydrogen-bond acceptors (Lipinski definition) is 8. The molecule has 0 saturated carbocycles. The third-order valence-electron chi connectivity index (χ3n) is 7.11. The Morgan fingerprint density at radius 2 is 1.46 bits per heavy atom. The van der Waals surface area contributed by atoms with E-state index in [1.165, 1.54) is 11.8 Å². The molecule has 2 fully saturated rings. The zero-order valence-corrected chi connectivity index (χ0v) is 22.1. The first-order chi connectivity index (χ1) is 18.0. The third-order valence-corrected chi connectivity index (χ3v) is 8.27. The van der Waals surface area contributed by atoms with Crippen LogP contribution in [0.4, 0.5) is 0 Å². The molecule has 2 saturated heterocycles. The van der Waals surface area contributed by atoms with Gasteiger partial charge in [0, 0.05) is 7.05 Å². The van der Waals surface area contributed by atoms with E-state index in [0.717, 1.165) is 27.8 Å². The zero-order chi connectivity index (χ0) is 25.8. The van der Waals surface area contributed by atoms with E-state index in [-0.39, 0.29) is 17.6 Å². The van der Waals surface area contributed by atoms with E-state index in [2.05, 4.69) is 10.3 Å². The van der Waals surface area contributed by atoms with Gasteiger partial charge in [0.1, 0.15) is 40.8 Å². The fourth-order valence-corrected chi connectivity index (χ4v) is 6.10. The maximum atomic E-state index is 11.6. The quantitative estimate of drug-likeness (QED) is 0.479. The Balaban J connectivity index is 1.42. The molecule has 1 aliphatic carbocycles. The molecular formula is C28H34N2O6S. The van der Waals surface area contributed by atoms with Crippen LogP contribution >= 0.6 is 11.8 Å². The normalized spacial score (nSPS) is 29.2. The summed E-state index contributed by atoms with van der Waals surface area (Å²) in [4.78, 5) is 4.35. The molecule has 9 heteroatoms. The number of amidine groups is 1. The second-order valence-electron chi connectivity index (χ2n) is 9.47. The van der Waals surface area contributed by atoms with Crippen molar-refractivity contribution < 1.29 is 28.8 Å². The van der Waals surface area contributed by atoms with Crippen molar-refractivity contribution in [2.24, 2.45) is 4.99 Å². The summed E-state index contributed by atoms with van der Waals surface area (Å²) in [7, 11) is 5.05. The van der Waals surface area contributed by atoms with Crippen LogP contribution in [-0.4, -0.2) is 66.9 Å². The average Bonchev–Trinajstić information content (AvgIpc) is 3.57. The lowest BCUT2D eigenvalue weighted by atomic mass is 9.84. The van der Waals surface area contributed by atoms with E-state index in [1.54, 1.807) is 21.3 Å². The highest BCUT2D eigenvalue weighted by Crippen LogP contribution is 2.43. The predicted octanol–water partition coefficient (Wildman–Crippen LogP) is 3.67. The van der Waals surface area contributed by atoms with Gasteiger partial charge in [0.05, 0.1) is 33.5 Å². The fourth-order valence-electron chi connectivity index (χ4n) is 5.03. The molecule has 5 rings (SSSR count). The second-order valence-corrected chi connectivity index (χ2v) is 10.6. The first kappa shape index (κ1) is 26.1. The summed E-state index contributed by atoms with van der Waals surface area (Å²) < 4.78 is 30.3. The van der Waals surface area contributed by atoms with Gasteiger partial charge in [-0.2, -0.15) is 0 Å². The van der Waals surface area contributed by atoms with Gasteiger partial charge in [0.15, 0.2) is 5.17 Å². The number of aliphatic hydroxyl groups is 1. The lowest BCUT2D eigenvalue weighted by Gasteiger charge is -2.48. The van der Waals surface area contributed by atoms with Gasteiger partial charge in [0.2, 0.25) is 0 Å². The van der Waals surface area contributed by atoms with Gasteiger partial charge in [-0.05, 0) is 48.2 Å². The maximum absolute atomic E-state index is 11.6. The number of rotatable bonds is 9. The van der Waals surface area contributed by atoms with Gasteiger partial charge in [-0.1, -0.05) is 48.2 Å². The van der Waals surface area contributed by atoms with Crippen molar-refractivity contribution in [1.29, 1.82) is 0 Å². The molecule has 0 radical (unpaired) electrons. The van der Waals surface area contributed by atoms with Gasteiger partial charge < -0.3 is 34.1 Å². The number of hydrogen-bond donors (Lipinski definition) is 2. The van der Waals surface area contributed by atoms with Crippen molar-refractivity contribution in [3.8, 4) is 11.5 Å². The number of ether oxygens (including phenoxy) is 5. The molecule has 0 bridgehead atoms. The second kappa shape index (κ2) is 11.4. The van der Waals surface area contributed by atoms with Crippen LogP contribution in [0.1, 0.15) is 24.0 Å². The number of aliphatic imine (C=N–C) groups is 1. The molecule has 2 heterocycles. The standard InChI is InChI=1S/C28H34N2O6S/c1-29-27-30-22-23(34-16-18-6-10-20(32-2)11-7-18)24(35-17-19-8-12-21(33-3)13-9-19)25(36-26(22)37-27)28(31)14-4-5-15-28/h4-13,22-26,31H,14-17H2,1-3H3,(H,29,30)/t22-,23-,24-,25+,26-/m1/s1. The number of nitrogens with zero attached hydrogens (tertiary/aromatic N) is 1. The van der Waals surface area contributed by atoms with E-state index in [4.69, 9.17) is 23.7 Å². The topological polar surface area (TPSA) is 90.8 Å². The van der Waals surface area contributed by atoms with E-state index < -0.39 is 17.8 Å². The van der Waals surface area contributed by atoms with Gasteiger partial charge in [-0.15, -0.1) is 0 Å². The minimum Gasteiger partial charge on any atom is -0.497 e. The van der Waals surface area contributed by atoms with Crippen molar-refractivity contribution in [2.45, 2.75) is 61.4 Å². The first-order valence-electron chi connectivity index (χ1n) is 12.4. The molecule has 2 aliphatic heterocycles. The highest BCUT2D eigenvalue weighted by molar-refractivity contribution is 8.14. The molecule has 0 aromatic heterocycles. The number of nitrogens with one attached hydrogen (secondary N) is 1. The monoisotopic (exact) mass is 526 g/mol. The molecule has 37 heavy (non-hydrogen) atoms. The molecule has 0 spiro atoms. The van der Waals surface area contributed by atoms with Crippen molar-refractivity contribution in [1.82, 2.24) is 5.32 Å². The lowest BCUT2D eigenvalue weighted by molar-refractivity contribution is -0.244.